The van der Waals surface area contributed by atoms with Crippen LogP contribution in [0.15, 0.2) is 0 Å². The monoisotopic (exact) mass is 295 g/mol. The van der Waals surface area contributed by atoms with Crippen molar-refractivity contribution in [3.05, 3.63) is 0 Å². The molecule has 118 valence electrons. The van der Waals surface area contributed by atoms with Crippen molar-refractivity contribution >= 4 is 5.91 Å². The molecule has 1 amide bonds. The fraction of sp³-hybridized carbons (Fsp3) is 0.917. The van der Waals surface area contributed by atoms with Crippen LogP contribution in [0.1, 0.15) is 27.2 Å². The molecule has 1 aliphatic heterocycles. The number of halogens is 1. The molecule has 1 rings (SSSR count). The van der Waals surface area contributed by atoms with Crippen LogP contribution in [0.5, 0.6) is 0 Å². The molecule has 7 atom stereocenters. The van der Waals surface area contributed by atoms with Gasteiger partial charge in [-0.2, -0.15) is 0 Å². The van der Waals surface area contributed by atoms with Gasteiger partial charge in [-0.1, -0.05) is 6.92 Å². The van der Waals surface area contributed by atoms with Crippen molar-refractivity contribution in [2.45, 2.75) is 69.6 Å². The standard InChI is InChI=1S/C12H22FNO6/c1-4-6(16)8(17)10-7(14-5(2)15)9(18)11(13)12(3,19)20-10/h6-11,16-19H,4H2,1-3H3,(H,14,15)/t6-,7-,8-,9-,10-,11+,12?/m1/s1. The van der Waals surface area contributed by atoms with Crippen LogP contribution in [-0.2, 0) is 9.53 Å². The molecule has 1 aliphatic rings. The van der Waals surface area contributed by atoms with Crippen molar-refractivity contribution in [1.82, 2.24) is 5.32 Å². The zero-order valence-corrected chi connectivity index (χ0v) is 11.7. The Kier molecular flexibility index (Phi) is 5.45. The Balaban J connectivity index is 3.04. The molecule has 0 saturated carbocycles. The molecule has 1 saturated heterocycles. The second kappa shape index (κ2) is 6.31. The second-order valence-electron chi connectivity index (χ2n) is 5.22. The summed E-state index contributed by atoms with van der Waals surface area (Å²) in [5, 5.41) is 41.6. The van der Waals surface area contributed by atoms with Crippen LogP contribution in [0.25, 0.3) is 0 Å². The van der Waals surface area contributed by atoms with E-state index in [0.29, 0.717) is 0 Å². The van der Waals surface area contributed by atoms with E-state index >= 15 is 0 Å². The molecule has 7 nitrogen and oxygen atoms in total. The van der Waals surface area contributed by atoms with Gasteiger partial charge in [-0.25, -0.2) is 4.39 Å². The van der Waals surface area contributed by atoms with Crippen molar-refractivity contribution in [2.24, 2.45) is 0 Å². The average molecular weight is 295 g/mol. The van der Waals surface area contributed by atoms with Crippen molar-refractivity contribution in [1.29, 1.82) is 0 Å². The van der Waals surface area contributed by atoms with Gasteiger partial charge in [-0.3, -0.25) is 4.79 Å². The SMILES string of the molecule is CC[C@@H](O)[C@@H](O)[C@@H]1OC(C)(O)[C@@H](F)[C@H](O)[C@H]1NC(C)=O. The maximum atomic E-state index is 13.9. The Hall–Kier alpha value is -0.800. The first kappa shape index (κ1) is 17.3. The van der Waals surface area contributed by atoms with Gasteiger partial charge in [0, 0.05) is 6.92 Å². The maximum Gasteiger partial charge on any atom is 0.217 e. The highest BCUT2D eigenvalue weighted by Gasteiger charge is 2.54. The van der Waals surface area contributed by atoms with E-state index in [1.807, 2.05) is 0 Å². The van der Waals surface area contributed by atoms with Gasteiger partial charge in [0.1, 0.15) is 18.3 Å². The largest absolute Gasteiger partial charge is 0.390 e. The predicted molar refractivity (Wildman–Crippen MR) is 66.3 cm³/mol. The summed E-state index contributed by atoms with van der Waals surface area (Å²) in [5.41, 5.74) is 0. The van der Waals surface area contributed by atoms with Crippen molar-refractivity contribution in [3.8, 4) is 0 Å². The maximum absolute atomic E-state index is 13.9. The highest BCUT2D eigenvalue weighted by Crippen LogP contribution is 2.32. The lowest BCUT2D eigenvalue weighted by Crippen LogP contribution is -2.69. The average Bonchev–Trinajstić information content (AvgIpc) is 2.37. The van der Waals surface area contributed by atoms with Crippen LogP contribution >= 0.6 is 0 Å². The molecule has 0 bridgehead atoms. The summed E-state index contributed by atoms with van der Waals surface area (Å²) in [7, 11) is 0. The quantitative estimate of drug-likeness (QED) is 0.427. The molecule has 0 radical (unpaired) electrons. The van der Waals surface area contributed by atoms with Crippen LogP contribution < -0.4 is 5.32 Å². The first-order valence-corrected chi connectivity index (χ1v) is 6.47. The van der Waals surface area contributed by atoms with E-state index in [4.69, 9.17) is 4.74 Å². The van der Waals surface area contributed by atoms with Gasteiger partial charge < -0.3 is 30.5 Å². The third-order valence-corrected chi connectivity index (χ3v) is 3.43. The fourth-order valence-electron chi connectivity index (χ4n) is 2.25. The van der Waals surface area contributed by atoms with Gasteiger partial charge in [0.2, 0.25) is 5.91 Å². The molecule has 8 heteroatoms. The topological polar surface area (TPSA) is 119 Å². The minimum absolute atomic E-state index is 0.186. The van der Waals surface area contributed by atoms with Gasteiger partial charge in [0.25, 0.3) is 0 Å². The zero-order valence-electron chi connectivity index (χ0n) is 11.7. The normalized spacial score (nSPS) is 41.0. The van der Waals surface area contributed by atoms with E-state index in [1.54, 1.807) is 6.92 Å². The number of carbonyl (C=O) groups is 1. The summed E-state index contributed by atoms with van der Waals surface area (Å²) < 4.78 is 18.9. The summed E-state index contributed by atoms with van der Waals surface area (Å²) in [5.74, 6) is -2.89. The van der Waals surface area contributed by atoms with Crippen molar-refractivity contribution < 1.29 is 34.3 Å². The molecule has 1 heterocycles. The second-order valence-corrected chi connectivity index (χ2v) is 5.22. The highest BCUT2D eigenvalue weighted by molar-refractivity contribution is 5.73. The minimum Gasteiger partial charge on any atom is -0.390 e. The number of alkyl halides is 1. The number of hydrogen-bond donors (Lipinski definition) is 5. The van der Waals surface area contributed by atoms with Crippen LogP contribution in [0.2, 0.25) is 0 Å². The lowest BCUT2D eigenvalue weighted by molar-refractivity contribution is -0.321. The van der Waals surface area contributed by atoms with Gasteiger partial charge in [0.15, 0.2) is 12.0 Å². The number of carbonyl (C=O) groups excluding carboxylic acids is 1. The Morgan fingerprint density at radius 2 is 2.05 bits per heavy atom. The highest BCUT2D eigenvalue weighted by atomic mass is 19.1. The number of aliphatic hydroxyl groups excluding tert-OH is 3. The zero-order chi connectivity index (χ0) is 15.7. The Labute approximate surface area is 116 Å². The van der Waals surface area contributed by atoms with E-state index in [9.17, 15) is 29.6 Å². The summed E-state index contributed by atoms with van der Waals surface area (Å²) >= 11 is 0. The first-order chi connectivity index (χ1) is 9.11. The summed E-state index contributed by atoms with van der Waals surface area (Å²) in [4.78, 5) is 11.1. The summed E-state index contributed by atoms with van der Waals surface area (Å²) in [6.07, 6.45) is -7.79. The number of aliphatic hydroxyl groups is 4. The number of ether oxygens (including phenoxy) is 1. The predicted octanol–water partition coefficient (Wildman–Crippen LogP) is -1.57. The van der Waals surface area contributed by atoms with Gasteiger partial charge in [0.05, 0.1) is 12.1 Å². The molecule has 5 N–H and O–H groups in total. The lowest BCUT2D eigenvalue weighted by atomic mass is 9.87. The molecule has 0 aliphatic carbocycles. The van der Waals surface area contributed by atoms with Gasteiger partial charge >= 0.3 is 0 Å². The molecule has 1 fully saturated rings. The summed E-state index contributed by atoms with van der Waals surface area (Å²) in [6, 6.07) is -1.28. The molecule has 20 heavy (non-hydrogen) atoms. The molecule has 0 aromatic carbocycles. The van der Waals surface area contributed by atoms with E-state index in [2.05, 4.69) is 5.32 Å². The van der Waals surface area contributed by atoms with E-state index in [0.717, 1.165) is 13.8 Å². The van der Waals surface area contributed by atoms with Crippen molar-refractivity contribution in [2.75, 3.05) is 0 Å². The van der Waals surface area contributed by atoms with Crippen LogP contribution in [-0.4, -0.2) is 68.7 Å². The molecule has 0 spiro atoms. The lowest BCUT2D eigenvalue weighted by Gasteiger charge is -2.47. The first-order valence-electron chi connectivity index (χ1n) is 6.47. The van der Waals surface area contributed by atoms with Crippen LogP contribution in [0.3, 0.4) is 0 Å². The third kappa shape index (κ3) is 3.44. The Bertz CT molecular complexity index is 353. The molecule has 0 aromatic heterocycles. The van der Waals surface area contributed by atoms with Gasteiger partial charge in [-0.05, 0) is 13.3 Å². The van der Waals surface area contributed by atoms with E-state index < -0.39 is 48.3 Å². The van der Waals surface area contributed by atoms with Crippen LogP contribution in [0, 0.1) is 0 Å². The van der Waals surface area contributed by atoms with Crippen LogP contribution in [0.4, 0.5) is 4.39 Å². The molecule has 0 aromatic rings. The molecular formula is C12H22FNO6. The minimum atomic E-state index is -2.33. The summed E-state index contributed by atoms with van der Waals surface area (Å²) in [6.45, 7) is 3.77. The van der Waals surface area contributed by atoms with Crippen molar-refractivity contribution in [3.63, 3.8) is 0 Å². The number of amides is 1. The fourth-order valence-corrected chi connectivity index (χ4v) is 2.25. The smallest absolute Gasteiger partial charge is 0.217 e. The van der Waals surface area contributed by atoms with Gasteiger partial charge in [-0.15, -0.1) is 0 Å². The molecule has 1 unspecified atom stereocenters. The van der Waals surface area contributed by atoms with E-state index in [-0.39, 0.29) is 6.42 Å². The number of nitrogens with one attached hydrogen (secondary N) is 1. The third-order valence-electron chi connectivity index (χ3n) is 3.43. The number of hydrogen-bond acceptors (Lipinski definition) is 6. The van der Waals surface area contributed by atoms with E-state index in [1.165, 1.54) is 0 Å². The Morgan fingerprint density at radius 1 is 1.50 bits per heavy atom. The molecular weight excluding hydrogens is 273 g/mol. The number of rotatable bonds is 4. The Morgan fingerprint density at radius 3 is 2.50 bits per heavy atom.